The van der Waals surface area contributed by atoms with Crippen molar-refractivity contribution in [1.82, 2.24) is 45.8 Å². The number of aliphatic imine (C=N–C) groups is 1. The van der Waals surface area contributed by atoms with E-state index in [1.54, 1.807) is 21.1 Å². The van der Waals surface area contributed by atoms with Crippen molar-refractivity contribution in [3.05, 3.63) is 0 Å². The Morgan fingerprint density at radius 3 is 1.24 bits per heavy atom. The average molecular weight is 549 g/mol. The first-order chi connectivity index (χ1) is 17.5. The van der Waals surface area contributed by atoms with Gasteiger partial charge in [-0.25, -0.2) is 38.6 Å². The molecular weight excluding hydrogens is 508 g/mol. The summed E-state index contributed by atoms with van der Waals surface area (Å²) in [5, 5.41) is 9.19. The number of urea groups is 5. The van der Waals surface area contributed by atoms with Crippen LogP contribution in [0.5, 0.6) is 0 Å². The highest BCUT2D eigenvalue weighted by Gasteiger charge is 2.34. The lowest BCUT2D eigenvalue weighted by molar-refractivity contribution is -0.124. The number of amides is 12. The van der Waals surface area contributed by atoms with Crippen molar-refractivity contribution in [1.29, 1.82) is 0 Å². The van der Waals surface area contributed by atoms with Crippen LogP contribution in [-0.4, -0.2) is 150 Å². The van der Waals surface area contributed by atoms with E-state index in [1.807, 2.05) is 0 Å². The van der Waals surface area contributed by atoms with Crippen molar-refractivity contribution in [2.24, 2.45) is 4.99 Å². The number of imide groups is 3. The van der Waals surface area contributed by atoms with Crippen LogP contribution < -0.4 is 21.3 Å². The highest BCUT2D eigenvalue weighted by Crippen LogP contribution is 2.09. The second-order valence-corrected chi connectivity index (χ2v) is 6.81. The van der Waals surface area contributed by atoms with E-state index in [0.717, 1.165) is 20.7 Å². The van der Waals surface area contributed by atoms with Gasteiger partial charge in [-0.15, -0.1) is 0 Å². The third kappa shape index (κ3) is 12.9. The van der Waals surface area contributed by atoms with E-state index in [1.165, 1.54) is 73.2 Å². The van der Waals surface area contributed by atoms with Gasteiger partial charge in [-0.3, -0.25) is 24.5 Å². The van der Waals surface area contributed by atoms with Gasteiger partial charge in [0.15, 0.2) is 0 Å². The standard InChI is InChI=1S/C5H11N3O2.C5H9N3O.C5H10N2O3.C5H10N2O2/c1-6-4(9)8(3)5(10)7-2;1-6-4-7(2)5(9)8(4)3;1-6-4(8)7(2)5(9)10-3;1-4(8)7(3)5(9)6-2/h1-3H3,(H,6,9)(H,7,10);1-3H3;1-3H3,(H,6,8);1-3H3,(H,6,9). The van der Waals surface area contributed by atoms with Crippen molar-refractivity contribution < 1.29 is 38.3 Å². The average Bonchev–Trinajstić information content (AvgIpc) is 2.94. The Morgan fingerprint density at radius 1 is 0.711 bits per heavy atom. The summed E-state index contributed by atoms with van der Waals surface area (Å²) in [6.07, 6.45) is -0.681. The van der Waals surface area contributed by atoms with E-state index < -0.39 is 24.2 Å². The summed E-state index contributed by atoms with van der Waals surface area (Å²) in [4.78, 5) is 83.8. The molecule has 0 unspecified atom stereocenters. The highest BCUT2D eigenvalue weighted by atomic mass is 16.5. The normalized spacial score (nSPS) is 10.6. The van der Waals surface area contributed by atoms with Crippen LogP contribution in [0.4, 0.5) is 28.8 Å². The van der Waals surface area contributed by atoms with E-state index in [2.05, 4.69) is 31.0 Å². The first-order valence-electron chi connectivity index (χ1n) is 10.7. The lowest BCUT2D eigenvalue weighted by atomic mass is 10.5. The number of rotatable bonds is 0. The van der Waals surface area contributed by atoms with Crippen LogP contribution in [-0.2, 0) is 9.53 Å². The molecule has 0 aliphatic carbocycles. The van der Waals surface area contributed by atoms with E-state index in [9.17, 15) is 33.6 Å². The molecule has 38 heavy (non-hydrogen) atoms. The van der Waals surface area contributed by atoms with Gasteiger partial charge in [-0.1, -0.05) is 0 Å². The summed E-state index contributed by atoms with van der Waals surface area (Å²) in [6, 6.07) is -1.75. The van der Waals surface area contributed by atoms with Crippen molar-refractivity contribution in [2.75, 3.05) is 77.6 Å². The minimum Gasteiger partial charge on any atom is -0.452 e. The van der Waals surface area contributed by atoms with Crippen LogP contribution in [0, 0.1) is 0 Å². The number of carbonyl (C=O) groups excluding carboxylic acids is 7. The number of methoxy groups -OCH3 is 1. The summed E-state index contributed by atoms with van der Waals surface area (Å²) in [5.74, 6) is 0.453. The number of hydrogen-bond donors (Lipinski definition) is 4. The minimum absolute atomic E-state index is 0.00407. The summed E-state index contributed by atoms with van der Waals surface area (Å²) < 4.78 is 4.26. The third-order valence-electron chi connectivity index (χ3n) is 4.37. The zero-order chi connectivity index (χ0) is 30.7. The molecule has 218 valence electrons. The number of hydrogen-bond acceptors (Lipinski definition) is 9. The van der Waals surface area contributed by atoms with Gasteiger partial charge >= 0.3 is 36.2 Å². The van der Waals surface area contributed by atoms with Gasteiger partial charge in [-0.2, -0.15) is 0 Å². The van der Waals surface area contributed by atoms with Gasteiger partial charge in [0.25, 0.3) is 0 Å². The minimum atomic E-state index is -0.681. The van der Waals surface area contributed by atoms with Crippen LogP contribution in [0.15, 0.2) is 4.99 Å². The molecule has 0 atom stereocenters. The molecule has 12 amide bonds. The van der Waals surface area contributed by atoms with Crippen LogP contribution in [0.1, 0.15) is 6.92 Å². The van der Waals surface area contributed by atoms with Crippen LogP contribution >= 0.6 is 0 Å². The van der Waals surface area contributed by atoms with Gasteiger partial charge in [0, 0.05) is 77.4 Å². The molecule has 1 saturated heterocycles. The maximum absolute atomic E-state index is 10.7. The van der Waals surface area contributed by atoms with Crippen LogP contribution in [0.2, 0.25) is 0 Å². The Hall–Kier alpha value is -4.64. The molecule has 4 N–H and O–H groups in total. The highest BCUT2D eigenvalue weighted by molar-refractivity contribution is 6.13. The van der Waals surface area contributed by atoms with E-state index in [0.29, 0.717) is 0 Å². The quantitative estimate of drug-likeness (QED) is 0.307. The van der Waals surface area contributed by atoms with Crippen molar-refractivity contribution in [2.45, 2.75) is 6.92 Å². The van der Waals surface area contributed by atoms with Gasteiger partial charge < -0.3 is 26.0 Å². The summed E-state index contributed by atoms with van der Waals surface area (Å²) in [5.41, 5.74) is 0. The second-order valence-electron chi connectivity index (χ2n) is 6.81. The molecule has 1 rings (SSSR count). The van der Waals surface area contributed by atoms with E-state index in [-0.39, 0.29) is 18.0 Å². The lowest BCUT2D eigenvalue weighted by Crippen LogP contribution is -2.60. The second kappa shape index (κ2) is 19.5. The van der Waals surface area contributed by atoms with Gasteiger partial charge in [0.2, 0.25) is 11.9 Å². The molecule has 0 saturated carbocycles. The zero-order valence-corrected chi connectivity index (χ0v) is 23.9. The Kier molecular flexibility index (Phi) is 19.5. The molecule has 1 heterocycles. The van der Waals surface area contributed by atoms with Gasteiger partial charge in [0.1, 0.15) is 0 Å². The smallest absolute Gasteiger partial charge is 0.417 e. The number of nitrogens with zero attached hydrogens (tertiary/aromatic N) is 6. The fourth-order valence-corrected chi connectivity index (χ4v) is 2.00. The number of carbonyl (C=O) groups is 7. The molecule has 1 fully saturated rings. The zero-order valence-electron chi connectivity index (χ0n) is 23.9. The maximum atomic E-state index is 10.7. The summed E-state index contributed by atoms with van der Waals surface area (Å²) in [6.45, 7) is 1.33. The monoisotopic (exact) mass is 548 g/mol. The maximum Gasteiger partial charge on any atom is 0.417 e. The molecule has 0 aromatic heterocycles. The predicted molar refractivity (Wildman–Crippen MR) is 138 cm³/mol. The molecule has 1 aliphatic heterocycles. The van der Waals surface area contributed by atoms with Gasteiger partial charge in [-0.05, 0) is 0 Å². The van der Waals surface area contributed by atoms with E-state index >= 15 is 0 Å². The van der Waals surface area contributed by atoms with Crippen molar-refractivity contribution in [3.63, 3.8) is 0 Å². The van der Waals surface area contributed by atoms with Crippen molar-refractivity contribution >= 4 is 48.1 Å². The van der Waals surface area contributed by atoms with Crippen LogP contribution in [0.25, 0.3) is 0 Å². The van der Waals surface area contributed by atoms with Gasteiger partial charge in [0.05, 0.1) is 7.11 Å². The fraction of sp³-hybridized carbons (Fsp3) is 0.600. The Bertz CT molecular complexity index is 800. The molecular formula is C20H40N10O8. The van der Waals surface area contributed by atoms with E-state index in [4.69, 9.17) is 0 Å². The predicted octanol–water partition coefficient (Wildman–Crippen LogP) is -0.605. The largest absolute Gasteiger partial charge is 0.452 e. The Morgan fingerprint density at radius 2 is 1.03 bits per heavy atom. The lowest BCUT2D eigenvalue weighted by Gasteiger charge is -2.37. The number of guanidine groups is 1. The molecule has 0 aromatic rings. The third-order valence-corrected chi connectivity index (χ3v) is 4.37. The first-order valence-corrected chi connectivity index (χ1v) is 10.7. The molecule has 18 nitrogen and oxygen atoms in total. The molecule has 0 aromatic carbocycles. The van der Waals surface area contributed by atoms with Crippen molar-refractivity contribution in [3.8, 4) is 0 Å². The topological polar surface area (TPSA) is 205 Å². The molecule has 0 spiro atoms. The SMILES string of the molecule is CN=C1N(C)C(=O)N1C.CNC(=O)N(C)C(=O)NC.CNC(=O)N(C)C(=O)OC.CNC(=O)N(C)C(C)=O. The number of nitrogens with one attached hydrogen (secondary N) is 4. The Labute approximate surface area is 222 Å². The van der Waals surface area contributed by atoms with Crippen LogP contribution in [0.3, 0.4) is 0 Å². The fourth-order valence-electron chi connectivity index (χ4n) is 2.00. The first kappa shape index (κ1) is 37.9. The molecule has 18 heteroatoms. The number of ether oxygens (including phenoxy) is 1. The Balaban J connectivity index is -0.000000430. The molecule has 1 aliphatic rings. The summed E-state index contributed by atoms with van der Waals surface area (Å²) >= 11 is 0. The molecule has 0 radical (unpaired) electrons. The molecule has 0 bridgehead atoms. The summed E-state index contributed by atoms with van der Waals surface area (Å²) in [7, 11) is 16.2.